The topological polar surface area (TPSA) is 38.9 Å². The average molecular weight is 376 g/mol. The van der Waals surface area contributed by atoms with E-state index in [1.54, 1.807) is 0 Å². The van der Waals surface area contributed by atoms with E-state index >= 15 is 0 Å². The van der Waals surface area contributed by atoms with Crippen LogP contribution in [0.4, 0.5) is 39.5 Å². The fraction of sp³-hybridized carbons (Fsp3) is 0.231. The summed E-state index contributed by atoms with van der Waals surface area (Å²) in [4.78, 5) is 2.90. The minimum atomic E-state index is -5.04. The first-order valence-corrected chi connectivity index (χ1v) is 6.15. The van der Waals surface area contributed by atoms with Crippen molar-refractivity contribution in [3.05, 3.63) is 46.6 Å². The highest BCUT2D eigenvalue weighted by Gasteiger charge is 2.38. The van der Waals surface area contributed by atoms with Gasteiger partial charge in [-0.2, -0.15) is 44.5 Å². The zero-order valence-electron chi connectivity index (χ0n) is 11.6. The highest BCUT2D eigenvalue weighted by molar-refractivity contribution is 5.67. The Morgan fingerprint density at radius 1 is 0.720 bits per heavy atom. The van der Waals surface area contributed by atoms with E-state index in [0.717, 1.165) is 0 Å². The number of benzene rings is 1. The van der Waals surface area contributed by atoms with Gasteiger partial charge in [0.05, 0.1) is 11.1 Å². The van der Waals surface area contributed by atoms with Crippen LogP contribution in [0, 0.1) is 0 Å². The molecule has 0 amide bonds. The Bertz CT molecular complexity index is 752. The molecule has 0 saturated carbocycles. The highest BCUT2D eigenvalue weighted by atomic mass is 19.4. The van der Waals surface area contributed by atoms with E-state index in [9.17, 15) is 39.5 Å². The first-order valence-electron chi connectivity index (χ1n) is 6.15. The van der Waals surface area contributed by atoms with Crippen LogP contribution in [0.3, 0.4) is 0 Å². The number of rotatable bonds is 2. The summed E-state index contributed by atoms with van der Waals surface area (Å²) in [6.45, 7) is 0. The maximum atomic E-state index is 12.7. The predicted octanol–water partition coefficient (Wildman–Crippen LogP) is 5.30. The fourth-order valence-electron chi connectivity index (χ4n) is 1.66. The van der Waals surface area contributed by atoms with Crippen molar-refractivity contribution in [2.75, 3.05) is 0 Å². The Morgan fingerprint density at radius 3 is 1.64 bits per heavy atom. The molecule has 0 atom stereocenters. The third-order valence-corrected chi connectivity index (χ3v) is 2.72. The zero-order chi connectivity index (χ0) is 19.0. The Balaban J connectivity index is 2.40. The standard InChI is InChI=1S/C13H5F9N2O/c14-11(15,16)7-3-6(4-8(5-7)12(17,18)19)1-2-9-23-10(25-24-9)13(20,21)22/h1-5H. The van der Waals surface area contributed by atoms with Gasteiger partial charge < -0.3 is 4.52 Å². The third kappa shape index (κ3) is 4.73. The molecule has 0 bridgehead atoms. The zero-order valence-corrected chi connectivity index (χ0v) is 11.6. The molecule has 0 spiro atoms. The second-order valence-electron chi connectivity index (χ2n) is 4.63. The molecule has 2 rings (SSSR count). The number of alkyl halides is 9. The number of aromatic nitrogens is 2. The molecule has 1 heterocycles. The number of halogens is 9. The van der Waals surface area contributed by atoms with E-state index in [4.69, 9.17) is 0 Å². The van der Waals surface area contributed by atoms with Gasteiger partial charge >= 0.3 is 24.4 Å². The summed E-state index contributed by atoms with van der Waals surface area (Å²) in [5.41, 5.74) is -3.68. The van der Waals surface area contributed by atoms with Gasteiger partial charge in [0.2, 0.25) is 0 Å². The van der Waals surface area contributed by atoms with Gasteiger partial charge in [-0.1, -0.05) is 11.2 Å². The number of hydrogen-bond donors (Lipinski definition) is 0. The summed E-state index contributed by atoms with van der Waals surface area (Å²) < 4.78 is 117. The van der Waals surface area contributed by atoms with E-state index in [0.29, 0.717) is 24.3 Å². The molecule has 2 aromatic rings. The third-order valence-electron chi connectivity index (χ3n) is 2.72. The number of hydrogen-bond acceptors (Lipinski definition) is 3. The summed E-state index contributed by atoms with van der Waals surface area (Å²) >= 11 is 0. The molecule has 1 aromatic carbocycles. The summed E-state index contributed by atoms with van der Waals surface area (Å²) in [6, 6.07) is 0.723. The SMILES string of the molecule is FC(F)(F)c1cc(C=Cc2noc(C(F)(F)F)n2)cc(C(F)(F)F)c1. The Hall–Kier alpha value is -2.53. The fourth-order valence-corrected chi connectivity index (χ4v) is 1.66. The van der Waals surface area contributed by atoms with Crippen molar-refractivity contribution in [1.82, 2.24) is 10.1 Å². The largest absolute Gasteiger partial charge is 0.471 e. The Kier molecular flexibility index (Phi) is 4.57. The van der Waals surface area contributed by atoms with Crippen molar-refractivity contribution >= 4 is 12.2 Å². The van der Waals surface area contributed by atoms with Crippen molar-refractivity contribution in [2.24, 2.45) is 0 Å². The van der Waals surface area contributed by atoms with Crippen LogP contribution < -0.4 is 0 Å². The minimum absolute atomic E-state index is 0.0759. The van der Waals surface area contributed by atoms with Crippen LogP contribution in [0.1, 0.15) is 28.4 Å². The van der Waals surface area contributed by atoms with E-state index < -0.39 is 46.9 Å². The second kappa shape index (κ2) is 6.08. The molecule has 0 N–H and O–H groups in total. The van der Waals surface area contributed by atoms with Gasteiger partial charge in [-0.15, -0.1) is 0 Å². The van der Waals surface area contributed by atoms with Crippen molar-refractivity contribution in [3.63, 3.8) is 0 Å². The van der Waals surface area contributed by atoms with Crippen LogP contribution in [0.5, 0.6) is 0 Å². The maximum Gasteiger partial charge on any atom is 0.471 e. The first kappa shape index (κ1) is 18.8. The van der Waals surface area contributed by atoms with Crippen LogP contribution in [0.25, 0.3) is 12.2 Å². The van der Waals surface area contributed by atoms with E-state index in [1.807, 2.05) is 0 Å². The molecule has 0 aliphatic carbocycles. The van der Waals surface area contributed by atoms with Gasteiger partial charge in [0.25, 0.3) is 0 Å². The lowest BCUT2D eigenvalue weighted by Crippen LogP contribution is -2.11. The molecule has 25 heavy (non-hydrogen) atoms. The lowest BCUT2D eigenvalue weighted by atomic mass is 10.0. The van der Waals surface area contributed by atoms with Crippen LogP contribution in [0.2, 0.25) is 0 Å². The van der Waals surface area contributed by atoms with E-state index in [-0.39, 0.29) is 6.07 Å². The smallest absolute Gasteiger partial charge is 0.329 e. The minimum Gasteiger partial charge on any atom is -0.329 e. The van der Waals surface area contributed by atoms with Gasteiger partial charge in [-0.05, 0) is 29.8 Å². The average Bonchev–Trinajstić information content (AvgIpc) is 2.92. The van der Waals surface area contributed by atoms with E-state index in [2.05, 4.69) is 14.7 Å². The van der Waals surface area contributed by atoms with Gasteiger partial charge in [-0.3, -0.25) is 0 Å². The number of nitrogens with zero attached hydrogens (tertiary/aromatic N) is 2. The Labute approximate surface area is 132 Å². The van der Waals surface area contributed by atoms with Crippen molar-refractivity contribution < 1.29 is 44.0 Å². The van der Waals surface area contributed by atoms with Crippen molar-refractivity contribution in [1.29, 1.82) is 0 Å². The van der Waals surface area contributed by atoms with Crippen molar-refractivity contribution in [3.8, 4) is 0 Å². The van der Waals surface area contributed by atoms with Crippen LogP contribution in [-0.4, -0.2) is 10.1 Å². The molecular formula is C13H5F9N2O. The van der Waals surface area contributed by atoms with Crippen molar-refractivity contribution in [2.45, 2.75) is 18.5 Å². The molecule has 0 radical (unpaired) electrons. The second-order valence-corrected chi connectivity index (χ2v) is 4.63. The van der Waals surface area contributed by atoms with Gasteiger partial charge in [0.15, 0.2) is 5.82 Å². The quantitative estimate of drug-likeness (QED) is 0.668. The molecule has 136 valence electrons. The molecule has 1 aromatic heterocycles. The van der Waals surface area contributed by atoms with Crippen LogP contribution in [-0.2, 0) is 18.5 Å². The predicted molar refractivity (Wildman–Crippen MR) is 64.7 cm³/mol. The first-order chi connectivity index (χ1) is 11.3. The molecule has 0 fully saturated rings. The molecule has 12 heteroatoms. The molecule has 0 unspecified atom stereocenters. The molecule has 3 nitrogen and oxygen atoms in total. The lowest BCUT2D eigenvalue weighted by Gasteiger charge is -2.12. The summed E-state index contributed by atoms with van der Waals surface area (Å²) in [5, 5.41) is 2.90. The lowest BCUT2D eigenvalue weighted by molar-refractivity contribution is -0.159. The molecule has 0 aliphatic rings. The summed E-state index contributed by atoms with van der Waals surface area (Å²) in [7, 11) is 0. The normalized spacial score (nSPS) is 13.6. The molecule has 0 saturated heterocycles. The Morgan fingerprint density at radius 2 is 1.24 bits per heavy atom. The summed E-state index contributed by atoms with van der Waals surface area (Å²) in [5.74, 6) is -2.37. The molecule has 0 aliphatic heterocycles. The van der Waals surface area contributed by atoms with Crippen LogP contribution >= 0.6 is 0 Å². The van der Waals surface area contributed by atoms with Crippen LogP contribution in [0.15, 0.2) is 22.7 Å². The maximum absolute atomic E-state index is 12.7. The van der Waals surface area contributed by atoms with E-state index in [1.165, 1.54) is 0 Å². The monoisotopic (exact) mass is 376 g/mol. The molecular weight excluding hydrogens is 371 g/mol. The van der Waals surface area contributed by atoms with Gasteiger partial charge in [0.1, 0.15) is 0 Å². The summed E-state index contributed by atoms with van der Waals surface area (Å²) in [6.07, 6.45) is -13.6. The van der Waals surface area contributed by atoms with Gasteiger partial charge in [-0.25, -0.2) is 0 Å². The van der Waals surface area contributed by atoms with Gasteiger partial charge in [0, 0.05) is 0 Å². The highest BCUT2D eigenvalue weighted by Crippen LogP contribution is 2.36.